The van der Waals surface area contributed by atoms with E-state index in [1.807, 2.05) is 40.1 Å². The minimum atomic E-state index is 0.650. The topological polar surface area (TPSA) is 51.8 Å². The monoisotopic (exact) mass is 323 g/mol. The van der Waals surface area contributed by atoms with Crippen LogP contribution in [0, 0.1) is 13.8 Å². The molecule has 1 aromatic carbocycles. The highest BCUT2D eigenvalue weighted by atomic mass is 32.1. The van der Waals surface area contributed by atoms with Gasteiger partial charge in [0, 0.05) is 11.1 Å². The molecule has 0 aliphatic carbocycles. The van der Waals surface area contributed by atoms with Crippen molar-refractivity contribution in [1.82, 2.24) is 9.97 Å². The highest BCUT2D eigenvalue weighted by molar-refractivity contribution is 7.16. The molecule has 0 radical (unpaired) electrons. The van der Waals surface area contributed by atoms with Crippen molar-refractivity contribution >= 4 is 38.0 Å². The Morgan fingerprint density at radius 3 is 2.10 bits per heavy atom. The van der Waals surface area contributed by atoms with Gasteiger partial charge in [-0.25, -0.2) is 9.97 Å². The molecule has 0 fully saturated rings. The van der Waals surface area contributed by atoms with Crippen molar-refractivity contribution in [3.05, 3.63) is 40.3 Å². The molecule has 0 aliphatic rings. The first-order chi connectivity index (χ1) is 10.2. The van der Waals surface area contributed by atoms with E-state index in [1.165, 1.54) is 21.6 Å². The average Bonchev–Trinajstić information content (AvgIpc) is 3.14. The Bertz CT molecular complexity index is 598. The highest BCUT2D eigenvalue weighted by Gasteiger charge is 1.96. The molecule has 0 spiro atoms. The van der Waals surface area contributed by atoms with E-state index < -0.39 is 0 Å². The second-order valence-corrected chi connectivity index (χ2v) is 5.74. The molecule has 3 rings (SSSR count). The van der Waals surface area contributed by atoms with Crippen LogP contribution < -0.4 is 5.73 Å². The van der Waals surface area contributed by atoms with E-state index in [0.717, 1.165) is 10.4 Å². The van der Waals surface area contributed by atoms with Crippen molar-refractivity contribution in [2.24, 2.45) is 0 Å². The number of fused-ring (bicyclic) bond motifs is 1. The van der Waals surface area contributed by atoms with Gasteiger partial charge >= 0.3 is 0 Å². The summed E-state index contributed by atoms with van der Waals surface area (Å²) in [5, 5.41) is 0.650. The Labute approximate surface area is 135 Å². The number of benzene rings is 1. The number of hydrogen-bond donors (Lipinski definition) is 1. The molecule has 3 nitrogen and oxygen atoms in total. The van der Waals surface area contributed by atoms with Gasteiger partial charge < -0.3 is 5.73 Å². The number of nitrogen functional groups attached to an aromatic ring is 1. The zero-order chi connectivity index (χ0) is 16.3. The number of rotatable bonds is 0. The Morgan fingerprint density at radius 2 is 1.67 bits per heavy atom. The third-order valence-electron chi connectivity index (χ3n) is 2.20. The molecule has 0 saturated heterocycles. The quantitative estimate of drug-likeness (QED) is 0.578. The lowest BCUT2D eigenvalue weighted by Gasteiger charge is -1.90. The molecule has 0 saturated carbocycles. The summed E-state index contributed by atoms with van der Waals surface area (Å²) in [4.78, 5) is 9.21. The van der Waals surface area contributed by atoms with Gasteiger partial charge in [0.25, 0.3) is 0 Å². The fourth-order valence-corrected chi connectivity index (χ4v) is 2.70. The molecule has 2 aromatic heterocycles. The predicted molar refractivity (Wildman–Crippen MR) is 98.3 cm³/mol. The molecule has 2 N–H and O–H groups in total. The number of nitrogens with zero attached hydrogens (tertiary/aromatic N) is 2. The maximum Gasteiger partial charge on any atom is 0.180 e. The van der Waals surface area contributed by atoms with Crippen LogP contribution in [0.3, 0.4) is 0 Å². The summed E-state index contributed by atoms with van der Waals surface area (Å²) in [7, 11) is 0. The zero-order valence-corrected chi connectivity index (χ0v) is 15.3. The fourth-order valence-electron chi connectivity index (χ4n) is 1.40. The molecule has 0 unspecified atom stereocenters. The number of anilines is 1. The first-order valence-corrected chi connectivity index (χ1v) is 8.83. The van der Waals surface area contributed by atoms with Crippen LogP contribution in [0.2, 0.25) is 0 Å². The molecule has 0 bridgehead atoms. The van der Waals surface area contributed by atoms with E-state index >= 15 is 0 Å². The Kier molecular flexibility index (Phi) is 10.4. The second kappa shape index (κ2) is 11.2. The van der Waals surface area contributed by atoms with Gasteiger partial charge in [0.05, 0.1) is 15.7 Å². The Morgan fingerprint density at radius 1 is 1.00 bits per heavy atom. The summed E-state index contributed by atoms with van der Waals surface area (Å²) in [6.45, 7) is 12.1. The molecular formula is C16H25N3S2. The van der Waals surface area contributed by atoms with E-state index in [1.54, 1.807) is 17.5 Å². The fraction of sp³-hybridized carbons (Fsp3) is 0.375. The first kappa shape index (κ1) is 19.5. The lowest BCUT2D eigenvalue weighted by molar-refractivity contribution is 1.39. The molecule has 3 aromatic rings. The number of hydrogen-bond acceptors (Lipinski definition) is 5. The van der Waals surface area contributed by atoms with E-state index in [0.29, 0.717) is 5.13 Å². The summed E-state index contributed by atoms with van der Waals surface area (Å²) in [6, 6.07) is 6.25. The standard InChI is InChI=1S/C8H7NS.C4H6N2S.2C2H6/c1-6-3-2-4-7-8(6)9-5-10-7;1-3-2-6-4(5)7-3;2*1-2/h2-5H,1H3;2H,1H3,(H2,5,6);2*1-2H3. The van der Waals surface area contributed by atoms with Crippen LogP contribution >= 0.6 is 22.7 Å². The van der Waals surface area contributed by atoms with Gasteiger partial charge in [0.2, 0.25) is 0 Å². The van der Waals surface area contributed by atoms with E-state index in [4.69, 9.17) is 5.73 Å². The van der Waals surface area contributed by atoms with E-state index in [9.17, 15) is 0 Å². The number of aryl methyl sites for hydroxylation is 2. The molecule has 21 heavy (non-hydrogen) atoms. The molecule has 2 heterocycles. The van der Waals surface area contributed by atoms with Crippen LogP contribution in [-0.4, -0.2) is 9.97 Å². The van der Waals surface area contributed by atoms with Crippen molar-refractivity contribution in [1.29, 1.82) is 0 Å². The third kappa shape index (κ3) is 6.69. The Hall–Kier alpha value is -1.46. The molecule has 5 heteroatoms. The van der Waals surface area contributed by atoms with Crippen molar-refractivity contribution in [2.45, 2.75) is 41.5 Å². The molecule has 0 aliphatic heterocycles. The number of aromatic nitrogens is 2. The van der Waals surface area contributed by atoms with Gasteiger partial charge in [-0.15, -0.1) is 22.7 Å². The van der Waals surface area contributed by atoms with Gasteiger partial charge in [0.1, 0.15) is 0 Å². The van der Waals surface area contributed by atoms with E-state index in [2.05, 4.69) is 35.1 Å². The maximum atomic E-state index is 5.29. The number of para-hydroxylation sites is 1. The van der Waals surface area contributed by atoms with Gasteiger partial charge in [0.15, 0.2) is 5.13 Å². The van der Waals surface area contributed by atoms with Crippen molar-refractivity contribution in [3.8, 4) is 0 Å². The number of nitrogens with two attached hydrogens (primary N) is 1. The normalized spacial score (nSPS) is 8.67. The smallest absolute Gasteiger partial charge is 0.180 e. The Balaban J connectivity index is 0.000000321. The van der Waals surface area contributed by atoms with Gasteiger partial charge in [-0.2, -0.15) is 0 Å². The van der Waals surface area contributed by atoms with Gasteiger partial charge in [-0.05, 0) is 25.5 Å². The predicted octanol–water partition coefficient (Wildman–Crippen LogP) is 5.69. The summed E-state index contributed by atoms with van der Waals surface area (Å²) in [5.74, 6) is 0. The highest BCUT2D eigenvalue weighted by Crippen LogP contribution is 2.19. The van der Waals surface area contributed by atoms with Gasteiger partial charge in [-0.3, -0.25) is 0 Å². The van der Waals surface area contributed by atoms with Crippen LogP contribution in [0.4, 0.5) is 5.13 Å². The van der Waals surface area contributed by atoms with E-state index in [-0.39, 0.29) is 0 Å². The minimum absolute atomic E-state index is 0.650. The largest absolute Gasteiger partial charge is 0.375 e. The van der Waals surface area contributed by atoms with Crippen LogP contribution in [-0.2, 0) is 0 Å². The maximum absolute atomic E-state index is 5.29. The second-order valence-electron chi connectivity index (χ2n) is 3.58. The lowest BCUT2D eigenvalue weighted by Crippen LogP contribution is -1.77. The third-order valence-corrected chi connectivity index (χ3v) is 3.74. The molecule has 116 valence electrons. The van der Waals surface area contributed by atoms with Crippen LogP contribution in [0.5, 0.6) is 0 Å². The van der Waals surface area contributed by atoms with Crippen molar-refractivity contribution < 1.29 is 0 Å². The molecule has 0 atom stereocenters. The summed E-state index contributed by atoms with van der Waals surface area (Å²) >= 11 is 3.20. The minimum Gasteiger partial charge on any atom is -0.375 e. The van der Waals surface area contributed by atoms with Crippen LogP contribution in [0.15, 0.2) is 29.9 Å². The summed E-state index contributed by atoms with van der Waals surface area (Å²) < 4.78 is 1.28. The average molecular weight is 324 g/mol. The summed E-state index contributed by atoms with van der Waals surface area (Å²) in [5.41, 5.74) is 9.58. The summed E-state index contributed by atoms with van der Waals surface area (Å²) in [6.07, 6.45) is 1.76. The van der Waals surface area contributed by atoms with Crippen LogP contribution in [0.1, 0.15) is 38.1 Å². The van der Waals surface area contributed by atoms with Crippen molar-refractivity contribution in [3.63, 3.8) is 0 Å². The zero-order valence-electron chi connectivity index (χ0n) is 13.7. The molecule has 0 amide bonds. The lowest BCUT2D eigenvalue weighted by atomic mass is 10.2. The van der Waals surface area contributed by atoms with Crippen LogP contribution in [0.25, 0.3) is 10.2 Å². The SMILES string of the molecule is CC.CC.Cc1cccc2scnc12.Cc1cnc(N)s1. The van der Waals surface area contributed by atoms with Crippen molar-refractivity contribution in [2.75, 3.05) is 5.73 Å². The first-order valence-electron chi connectivity index (χ1n) is 7.13. The van der Waals surface area contributed by atoms with Gasteiger partial charge in [-0.1, -0.05) is 39.8 Å². The number of thiazole rings is 2. The molecular weight excluding hydrogens is 298 g/mol.